The number of methoxy groups -OCH3 is 1. The van der Waals surface area contributed by atoms with Gasteiger partial charge in [-0.15, -0.1) is 0 Å². The number of hydrogen-bond acceptors (Lipinski definition) is 5. The number of amides is 1. The highest BCUT2D eigenvalue weighted by molar-refractivity contribution is 5.78. The minimum Gasteiger partial charge on any atom is -0.493 e. The lowest BCUT2D eigenvalue weighted by molar-refractivity contribution is -0.134. The molecule has 8 heteroatoms. The molecule has 1 aliphatic rings. The van der Waals surface area contributed by atoms with Crippen LogP contribution in [0.25, 0.3) is 0 Å². The smallest absolute Gasteiger partial charge is 0.388 e. The Morgan fingerprint density at radius 2 is 1.87 bits per heavy atom. The van der Waals surface area contributed by atoms with Crippen molar-refractivity contribution in [3.63, 3.8) is 0 Å². The lowest BCUT2D eigenvalue weighted by Gasteiger charge is -2.36. The molecule has 0 saturated carbocycles. The van der Waals surface area contributed by atoms with Gasteiger partial charge in [0, 0.05) is 38.2 Å². The molecule has 1 saturated heterocycles. The number of hydrogen-bond donors (Lipinski definition) is 0. The van der Waals surface area contributed by atoms with E-state index in [2.05, 4.69) is 9.72 Å². The SMILES string of the molecule is COc1ccc(OC(F)F)nc1N1CCN(C(=O)C(C)C)CC1. The van der Waals surface area contributed by atoms with E-state index in [1.807, 2.05) is 18.7 Å². The molecule has 0 radical (unpaired) electrons. The Labute approximate surface area is 134 Å². The van der Waals surface area contributed by atoms with Crippen LogP contribution in [-0.4, -0.2) is 55.7 Å². The standard InChI is InChI=1S/C15H21F2N3O3/c1-10(2)14(21)20-8-6-19(7-9-20)13-11(22-3)4-5-12(18-13)23-15(16)17/h4-5,10,15H,6-9H2,1-3H3. The highest BCUT2D eigenvalue weighted by atomic mass is 19.3. The maximum Gasteiger partial charge on any atom is 0.388 e. The number of nitrogens with zero attached hydrogens (tertiary/aromatic N) is 3. The molecule has 0 aromatic carbocycles. The minimum atomic E-state index is -2.93. The summed E-state index contributed by atoms with van der Waals surface area (Å²) in [5.41, 5.74) is 0. The number of pyridine rings is 1. The average Bonchev–Trinajstić information content (AvgIpc) is 2.53. The number of aromatic nitrogens is 1. The van der Waals surface area contributed by atoms with Gasteiger partial charge in [-0.2, -0.15) is 13.8 Å². The second-order valence-corrected chi connectivity index (χ2v) is 5.52. The first-order valence-corrected chi connectivity index (χ1v) is 7.46. The van der Waals surface area contributed by atoms with Crippen LogP contribution in [-0.2, 0) is 4.79 Å². The highest BCUT2D eigenvalue weighted by Gasteiger charge is 2.25. The van der Waals surface area contributed by atoms with E-state index in [1.165, 1.54) is 13.2 Å². The number of anilines is 1. The van der Waals surface area contributed by atoms with Crippen molar-refractivity contribution in [2.75, 3.05) is 38.2 Å². The van der Waals surface area contributed by atoms with Crippen molar-refractivity contribution in [3.05, 3.63) is 12.1 Å². The quantitative estimate of drug-likeness (QED) is 0.827. The number of halogens is 2. The molecule has 23 heavy (non-hydrogen) atoms. The normalized spacial score (nSPS) is 15.3. The van der Waals surface area contributed by atoms with E-state index in [4.69, 9.17) is 4.74 Å². The summed E-state index contributed by atoms with van der Waals surface area (Å²) >= 11 is 0. The molecule has 2 rings (SSSR count). The first kappa shape index (κ1) is 17.2. The number of carbonyl (C=O) groups is 1. The van der Waals surface area contributed by atoms with Crippen LogP contribution in [0.5, 0.6) is 11.6 Å². The molecule has 2 heterocycles. The van der Waals surface area contributed by atoms with E-state index in [9.17, 15) is 13.6 Å². The molecule has 1 aliphatic heterocycles. The van der Waals surface area contributed by atoms with Crippen molar-refractivity contribution in [1.29, 1.82) is 0 Å². The topological polar surface area (TPSA) is 54.9 Å². The monoisotopic (exact) mass is 329 g/mol. The molecular formula is C15H21F2N3O3. The third-order valence-electron chi connectivity index (χ3n) is 3.63. The number of ether oxygens (including phenoxy) is 2. The summed E-state index contributed by atoms with van der Waals surface area (Å²) in [6.45, 7) is 3.03. The molecule has 0 spiro atoms. The number of piperazine rings is 1. The van der Waals surface area contributed by atoms with Gasteiger partial charge in [-0.3, -0.25) is 4.79 Å². The summed E-state index contributed by atoms with van der Waals surface area (Å²) in [6, 6.07) is 2.89. The Balaban J connectivity index is 2.11. The molecule has 1 aromatic rings. The van der Waals surface area contributed by atoms with E-state index in [-0.39, 0.29) is 17.7 Å². The van der Waals surface area contributed by atoms with Gasteiger partial charge in [0.2, 0.25) is 11.8 Å². The number of carbonyl (C=O) groups excluding carboxylic acids is 1. The molecular weight excluding hydrogens is 308 g/mol. The van der Waals surface area contributed by atoms with Gasteiger partial charge in [0.25, 0.3) is 0 Å². The van der Waals surface area contributed by atoms with Gasteiger partial charge in [-0.05, 0) is 6.07 Å². The first-order chi connectivity index (χ1) is 10.9. The van der Waals surface area contributed by atoms with Gasteiger partial charge >= 0.3 is 6.61 Å². The molecule has 0 aliphatic carbocycles. The van der Waals surface area contributed by atoms with E-state index in [0.717, 1.165) is 0 Å². The fourth-order valence-corrected chi connectivity index (χ4v) is 2.46. The third-order valence-corrected chi connectivity index (χ3v) is 3.63. The number of rotatable bonds is 5. The zero-order valence-corrected chi connectivity index (χ0v) is 13.5. The fourth-order valence-electron chi connectivity index (χ4n) is 2.46. The van der Waals surface area contributed by atoms with Crippen molar-refractivity contribution in [2.24, 2.45) is 5.92 Å². The summed E-state index contributed by atoms with van der Waals surface area (Å²) in [4.78, 5) is 19.8. The van der Waals surface area contributed by atoms with Crippen molar-refractivity contribution >= 4 is 11.7 Å². The van der Waals surface area contributed by atoms with Crippen molar-refractivity contribution in [3.8, 4) is 11.6 Å². The summed E-state index contributed by atoms with van der Waals surface area (Å²) in [7, 11) is 1.49. The van der Waals surface area contributed by atoms with Crippen LogP contribution >= 0.6 is 0 Å². The lowest BCUT2D eigenvalue weighted by Crippen LogP contribution is -2.50. The Morgan fingerprint density at radius 3 is 2.39 bits per heavy atom. The minimum absolute atomic E-state index is 0.0445. The summed E-state index contributed by atoms with van der Waals surface area (Å²) in [6.07, 6.45) is 0. The van der Waals surface area contributed by atoms with Gasteiger partial charge in [0.1, 0.15) is 0 Å². The van der Waals surface area contributed by atoms with E-state index in [1.54, 1.807) is 11.0 Å². The van der Waals surface area contributed by atoms with Gasteiger partial charge in [0.15, 0.2) is 11.6 Å². The third kappa shape index (κ3) is 4.20. The van der Waals surface area contributed by atoms with Crippen molar-refractivity contribution < 1.29 is 23.0 Å². The van der Waals surface area contributed by atoms with Crippen molar-refractivity contribution in [2.45, 2.75) is 20.5 Å². The average molecular weight is 329 g/mol. The van der Waals surface area contributed by atoms with Gasteiger partial charge < -0.3 is 19.3 Å². The van der Waals surface area contributed by atoms with Crippen LogP contribution in [0.1, 0.15) is 13.8 Å². The molecule has 0 atom stereocenters. The summed E-state index contributed by atoms with van der Waals surface area (Å²) in [5, 5.41) is 0. The van der Waals surface area contributed by atoms with Crippen LogP contribution in [0.15, 0.2) is 12.1 Å². The Hall–Kier alpha value is -2.12. The highest BCUT2D eigenvalue weighted by Crippen LogP contribution is 2.30. The van der Waals surface area contributed by atoms with Gasteiger partial charge in [-0.1, -0.05) is 13.8 Å². The molecule has 0 bridgehead atoms. The Bertz CT molecular complexity index is 547. The maximum atomic E-state index is 12.3. The largest absolute Gasteiger partial charge is 0.493 e. The molecule has 1 aromatic heterocycles. The number of alkyl halides is 2. The molecule has 1 fully saturated rings. The van der Waals surface area contributed by atoms with E-state index >= 15 is 0 Å². The lowest BCUT2D eigenvalue weighted by atomic mass is 10.1. The van der Waals surface area contributed by atoms with E-state index in [0.29, 0.717) is 37.7 Å². The van der Waals surface area contributed by atoms with Crippen LogP contribution < -0.4 is 14.4 Å². The van der Waals surface area contributed by atoms with Crippen LogP contribution in [0, 0.1) is 5.92 Å². The van der Waals surface area contributed by atoms with Gasteiger partial charge in [0.05, 0.1) is 7.11 Å². The van der Waals surface area contributed by atoms with Crippen LogP contribution in [0.4, 0.5) is 14.6 Å². The van der Waals surface area contributed by atoms with Crippen molar-refractivity contribution in [1.82, 2.24) is 9.88 Å². The Morgan fingerprint density at radius 1 is 1.22 bits per heavy atom. The molecule has 0 unspecified atom stereocenters. The predicted molar refractivity (Wildman–Crippen MR) is 81.1 cm³/mol. The molecule has 1 amide bonds. The van der Waals surface area contributed by atoms with Crippen LogP contribution in [0.3, 0.4) is 0 Å². The Kier molecular flexibility index (Phi) is 5.57. The molecule has 128 valence electrons. The summed E-state index contributed by atoms with van der Waals surface area (Å²) in [5.74, 6) is 0.838. The second kappa shape index (κ2) is 7.43. The maximum absolute atomic E-state index is 12.3. The van der Waals surface area contributed by atoms with Crippen LogP contribution in [0.2, 0.25) is 0 Å². The summed E-state index contributed by atoms with van der Waals surface area (Å²) < 4.78 is 34.3. The first-order valence-electron chi connectivity index (χ1n) is 7.46. The predicted octanol–water partition coefficient (Wildman–Crippen LogP) is 2.00. The zero-order valence-electron chi connectivity index (χ0n) is 13.5. The van der Waals surface area contributed by atoms with Gasteiger partial charge in [-0.25, -0.2) is 0 Å². The molecule has 6 nitrogen and oxygen atoms in total. The fraction of sp³-hybridized carbons (Fsp3) is 0.600. The zero-order chi connectivity index (χ0) is 17.0. The second-order valence-electron chi connectivity index (χ2n) is 5.52. The molecule has 0 N–H and O–H groups in total. The van der Waals surface area contributed by atoms with E-state index < -0.39 is 6.61 Å².